The molecule has 1 aromatic carbocycles. The summed E-state index contributed by atoms with van der Waals surface area (Å²) >= 11 is 0. The molecule has 0 saturated heterocycles. The van der Waals surface area contributed by atoms with Gasteiger partial charge in [-0.15, -0.1) is 5.10 Å². The highest BCUT2D eigenvalue weighted by molar-refractivity contribution is 5.27. The molecule has 6 heteroatoms. The Kier molecular flexibility index (Phi) is 4.81. The van der Waals surface area contributed by atoms with Crippen LogP contribution >= 0.6 is 0 Å². The molecule has 0 unspecified atom stereocenters. The largest absolute Gasteiger partial charge is 0.487 e. The number of hydrogen-bond donors (Lipinski definition) is 0. The molecule has 0 spiro atoms. The van der Waals surface area contributed by atoms with Gasteiger partial charge in [0.25, 0.3) is 0 Å². The third-order valence-electron chi connectivity index (χ3n) is 3.37. The van der Waals surface area contributed by atoms with Gasteiger partial charge in [-0.25, -0.2) is 4.98 Å². The van der Waals surface area contributed by atoms with Crippen LogP contribution in [0.1, 0.15) is 24.1 Å². The quantitative estimate of drug-likeness (QED) is 0.598. The zero-order chi connectivity index (χ0) is 15.0. The third kappa shape index (κ3) is 4.18. The van der Waals surface area contributed by atoms with Crippen LogP contribution in [0, 0.1) is 0 Å². The molecule has 0 saturated carbocycles. The molecule has 0 aliphatic rings. The number of hydrogen-bond acceptors (Lipinski definition) is 5. The minimum atomic E-state index is 0.424. The monoisotopic (exact) mass is 298 g/mol. The van der Waals surface area contributed by atoms with Crippen molar-refractivity contribution in [3.8, 4) is 5.75 Å². The van der Waals surface area contributed by atoms with Gasteiger partial charge in [-0.3, -0.25) is 4.68 Å². The Morgan fingerprint density at radius 3 is 2.77 bits per heavy atom. The summed E-state index contributed by atoms with van der Waals surface area (Å²) in [4.78, 5) is 4.02. The number of ether oxygens (including phenoxy) is 1. The Labute approximate surface area is 128 Å². The fraction of sp³-hybridized carbons (Fsp3) is 0.312. The van der Waals surface area contributed by atoms with E-state index in [1.54, 1.807) is 12.5 Å². The summed E-state index contributed by atoms with van der Waals surface area (Å²) in [5.41, 5.74) is 2.10. The zero-order valence-electron chi connectivity index (χ0n) is 12.3. The highest BCUT2D eigenvalue weighted by Crippen LogP contribution is 2.15. The lowest BCUT2D eigenvalue weighted by atomic mass is 10.1. The van der Waals surface area contributed by atoms with Crippen molar-refractivity contribution in [3.63, 3.8) is 0 Å². The van der Waals surface area contributed by atoms with Crippen molar-refractivity contribution >= 4 is 0 Å². The molecule has 3 aromatic rings. The molecule has 0 aliphatic heterocycles. The van der Waals surface area contributed by atoms with E-state index in [0.717, 1.165) is 37.3 Å². The summed E-state index contributed by atoms with van der Waals surface area (Å²) < 4.78 is 12.4. The summed E-state index contributed by atoms with van der Waals surface area (Å²) in [6, 6.07) is 8.20. The molecule has 2 heterocycles. The van der Waals surface area contributed by atoms with Crippen LogP contribution in [0.2, 0.25) is 0 Å². The fourth-order valence-corrected chi connectivity index (χ4v) is 2.17. The van der Waals surface area contributed by atoms with E-state index in [1.165, 1.54) is 12.0 Å². The Hall–Kier alpha value is -2.63. The van der Waals surface area contributed by atoms with Gasteiger partial charge >= 0.3 is 0 Å². The summed E-state index contributed by atoms with van der Waals surface area (Å²) in [7, 11) is 0. The first-order chi connectivity index (χ1) is 10.9. The Morgan fingerprint density at radius 2 is 2.05 bits per heavy atom. The van der Waals surface area contributed by atoms with Gasteiger partial charge in [0.15, 0.2) is 6.39 Å². The van der Waals surface area contributed by atoms with Gasteiger partial charge in [0.05, 0.1) is 6.20 Å². The van der Waals surface area contributed by atoms with Gasteiger partial charge < -0.3 is 9.15 Å². The van der Waals surface area contributed by atoms with Crippen molar-refractivity contribution in [2.24, 2.45) is 0 Å². The van der Waals surface area contributed by atoms with Gasteiger partial charge in [0.2, 0.25) is 0 Å². The molecule has 0 atom stereocenters. The van der Waals surface area contributed by atoms with Crippen LogP contribution in [0.3, 0.4) is 0 Å². The molecule has 0 amide bonds. The lowest BCUT2D eigenvalue weighted by Gasteiger charge is -2.06. The van der Waals surface area contributed by atoms with Crippen LogP contribution in [0.4, 0.5) is 0 Å². The molecule has 114 valence electrons. The first-order valence-corrected chi connectivity index (χ1v) is 7.33. The topological polar surface area (TPSA) is 66.0 Å². The van der Waals surface area contributed by atoms with Crippen molar-refractivity contribution < 1.29 is 9.15 Å². The normalized spacial score (nSPS) is 10.7. The number of aromatic nitrogens is 4. The number of oxazole rings is 1. The Morgan fingerprint density at radius 1 is 1.14 bits per heavy atom. The molecule has 0 aliphatic carbocycles. The smallest absolute Gasteiger partial charge is 0.180 e. The molecule has 0 fully saturated rings. The standard InChI is InChI=1S/C16H18N4O2/c1(2-9-20-10-8-18-19-20)3-14-4-6-16(7-5-14)22-12-15-11-21-13-17-15/h4-8,10-11,13H,1-3,9,12H2. The maximum Gasteiger partial charge on any atom is 0.180 e. The number of rotatable bonds is 8. The van der Waals surface area contributed by atoms with E-state index < -0.39 is 0 Å². The first-order valence-electron chi connectivity index (χ1n) is 7.33. The molecule has 6 nitrogen and oxygen atoms in total. The summed E-state index contributed by atoms with van der Waals surface area (Å²) in [5, 5.41) is 7.75. The molecule has 0 bridgehead atoms. The van der Waals surface area contributed by atoms with Crippen LogP contribution in [-0.4, -0.2) is 20.0 Å². The average molecular weight is 298 g/mol. The number of nitrogens with zero attached hydrogens (tertiary/aromatic N) is 4. The lowest BCUT2D eigenvalue weighted by Crippen LogP contribution is -1.99. The predicted octanol–water partition coefficient (Wildman–Crippen LogP) is 2.87. The SMILES string of the molecule is c1cn(CCCCc2ccc(OCc3cocn3)cc2)nn1. The number of unbranched alkanes of at least 4 members (excludes halogenated alkanes) is 1. The van der Waals surface area contributed by atoms with E-state index in [-0.39, 0.29) is 0 Å². The Bertz CT molecular complexity index is 648. The van der Waals surface area contributed by atoms with Crippen LogP contribution in [0.25, 0.3) is 0 Å². The van der Waals surface area contributed by atoms with Crippen molar-refractivity contribution in [3.05, 3.63) is 60.6 Å². The minimum absolute atomic E-state index is 0.424. The molecule has 2 aromatic heterocycles. The molecular formula is C16H18N4O2. The van der Waals surface area contributed by atoms with Crippen LogP contribution in [-0.2, 0) is 19.6 Å². The molecule has 22 heavy (non-hydrogen) atoms. The van der Waals surface area contributed by atoms with Crippen molar-refractivity contribution in [2.75, 3.05) is 0 Å². The van der Waals surface area contributed by atoms with Gasteiger partial charge in [-0.1, -0.05) is 17.3 Å². The zero-order valence-corrected chi connectivity index (χ0v) is 12.3. The van der Waals surface area contributed by atoms with E-state index >= 15 is 0 Å². The maximum absolute atomic E-state index is 5.64. The first kappa shape index (κ1) is 14.3. The predicted molar refractivity (Wildman–Crippen MR) is 80.2 cm³/mol. The van der Waals surface area contributed by atoms with Gasteiger partial charge in [0, 0.05) is 12.7 Å². The second kappa shape index (κ2) is 7.40. The van der Waals surface area contributed by atoms with Crippen molar-refractivity contribution in [1.29, 1.82) is 0 Å². The van der Waals surface area contributed by atoms with Crippen LogP contribution < -0.4 is 4.74 Å². The van der Waals surface area contributed by atoms with Crippen molar-refractivity contribution in [1.82, 2.24) is 20.0 Å². The van der Waals surface area contributed by atoms with Crippen molar-refractivity contribution in [2.45, 2.75) is 32.4 Å². The summed E-state index contributed by atoms with van der Waals surface area (Å²) in [6.45, 7) is 1.34. The second-order valence-corrected chi connectivity index (χ2v) is 5.04. The summed E-state index contributed by atoms with van der Waals surface area (Å²) in [6.07, 6.45) is 9.86. The van der Waals surface area contributed by atoms with Gasteiger partial charge in [-0.2, -0.15) is 0 Å². The van der Waals surface area contributed by atoms with Crippen LogP contribution in [0.15, 0.2) is 53.7 Å². The average Bonchev–Trinajstić information content (AvgIpc) is 3.24. The second-order valence-electron chi connectivity index (χ2n) is 5.04. The van der Waals surface area contributed by atoms with E-state index in [4.69, 9.17) is 9.15 Å². The fourth-order valence-electron chi connectivity index (χ4n) is 2.17. The van der Waals surface area contributed by atoms with E-state index in [9.17, 15) is 0 Å². The van der Waals surface area contributed by atoms with E-state index in [0.29, 0.717) is 6.61 Å². The molecule has 0 radical (unpaired) electrons. The van der Waals surface area contributed by atoms with Gasteiger partial charge in [0.1, 0.15) is 24.3 Å². The van der Waals surface area contributed by atoms with Gasteiger partial charge in [-0.05, 0) is 37.0 Å². The molecule has 0 N–H and O–H groups in total. The summed E-state index contributed by atoms with van der Waals surface area (Å²) in [5.74, 6) is 0.842. The molecular weight excluding hydrogens is 280 g/mol. The number of aryl methyl sites for hydroxylation is 2. The minimum Gasteiger partial charge on any atom is -0.487 e. The third-order valence-corrected chi connectivity index (χ3v) is 3.37. The van der Waals surface area contributed by atoms with E-state index in [2.05, 4.69) is 27.4 Å². The lowest BCUT2D eigenvalue weighted by molar-refractivity contribution is 0.301. The maximum atomic E-state index is 5.64. The Balaban J connectivity index is 1.39. The van der Waals surface area contributed by atoms with Crippen LogP contribution in [0.5, 0.6) is 5.75 Å². The highest BCUT2D eigenvalue weighted by Gasteiger charge is 2.00. The van der Waals surface area contributed by atoms with E-state index in [1.807, 2.05) is 23.0 Å². The molecule has 3 rings (SSSR count). The number of benzene rings is 1. The highest BCUT2D eigenvalue weighted by atomic mass is 16.5.